The van der Waals surface area contributed by atoms with Crippen LogP contribution in [0.3, 0.4) is 0 Å². The van der Waals surface area contributed by atoms with Crippen LogP contribution >= 0.6 is 12.2 Å². The molecule has 2 bridgehead atoms. The van der Waals surface area contributed by atoms with Crippen LogP contribution in [-0.4, -0.2) is 48.8 Å². The van der Waals surface area contributed by atoms with E-state index in [2.05, 4.69) is 28.2 Å². The van der Waals surface area contributed by atoms with Crippen molar-refractivity contribution in [2.75, 3.05) is 32.1 Å². The molecule has 3 heterocycles. The Morgan fingerprint density at radius 2 is 2.36 bits per heavy atom. The molecule has 6 heteroatoms. The van der Waals surface area contributed by atoms with Crippen LogP contribution in [0.4, 0.5) is 5.69 Å². The molecule has 0 spiro atoms. The summed E-state index contributed by atoms with van der Waals surface area (Å²) in [4.78, 5) is 14.1. The van der Waals surface area contributed by atoms with Gasteiger partial charge in [-0.1, -0.05) is 12.1 Å². The van der Waals surface area contributed by atoms with Gasteiger partial charge in [0, 0.05) is 24.8 Å². The van der Waals surface area contributed by atoms with Crippen LogP contribution in [-0.2, 0) is 4.74 Å². The van der Waals surface area contributed by atoms with E-state index in [1.165, 1.54) is 26.5 Å². The van der Waals surface area contributed by atoms with E-state index in [9.17, 15) is 4.79 Å². The summed E-state index contributed by atoms with van der Waals surface area (Å²) in [5, 5.41) is 7.03. The Labute approximate surface area is 154 Å². The lowest BCUT2D eigenvalue weighted by molar-refractivity contribution is 0.0215. The highest BCUT2D eigenvalue weighted by Crippen LogP contribution is 2.36. The van der Waals surface area contributed by atoms with E-state index in [0.717, 1.165) is 24.7 Å². The van der Waals surface area contributed by atoms with Gasteiger partial charge in [-0.05, 0) is 61.6 Å². The molecule has 0 amide bonds. The molecule has 0 aromatic heterocycles. The predicted octanol–water partition coefficient (Wildman–Crippen LogP) is 2.66. The van der Waals surface area contributed by atoms with Crippen molar-refractivity contribution in [3.05, 3.63) is 42.5 Å². The highest BCUT2D eigenvalue weighted by atomic mass is 32.1. The maximum absolute atomic E-state index is 11.6. The SMILES string of the molecule is C=CC1CN2CCC1CC2CNC(=S)Nc1cccc(C(=O)OC)c1. The molecule has 4 unspecified atom stereocenters. The lowest BCUT2D eigenvalue weighted by Crippen LogP contribution is -2.56. The molecule has 1 aromatic carbocycles. The van der Waals surface area contributed by atoms with Crippen LogP contribution in [0.15, 0.2) is 36.9 Å². The van der Waals surface area contributed by atoms with E-state index in [1.54, 1.807) is 18.2 Å². The first-order chi connectivity index (χ1) is 12.1. The Kier molecular flexibility index (Phi) is 5.71. The van der Waals surface area contributed by atoms with Gasteiger partial charge in [-0.25, -0.2) is 4.79 Å². The second-order valence-corrected chi connectivity index (χ2v) is 7.15. The van der Waals surface area contributed by atoms with E-state index in [1.807, 2.05) is 6.07 Å². The van der Waals surface area contributed by atoms with Gasteiger partial charge in [-0.3, -0.25) is 4.90 Å². The van der Waals surface area contributed by atoms with Crippen LogP contribution in [0.5, 0.6) is 0 Å². The van der Waals surface area contributed by atoms with Crippen LogP contribution in [0, 0.1) is 11.8 Å². The Morgan fingerprint density at radius 1 is 1.52 bits per heavy atom. The second kappa shape index (κ2) is 7.97. The zero-order valence-electron chi connectivity index (χ0n) is 14.5. The van der Waals surface area contributed by atoms with Crippen molar-refractivity contribution in [2.45, 2.75) is 18.9 Å². The molecule has 4 atom stereocenters. The molecule has 0 radical (unpaired) electrons. The molecule has 5 nitrogen and oxygen atoms in total. The number of methoxy groups -OCH3 is 1. The van der Waals surface area contributed by atoms with Gasteiger partial charge in [0.05, 0.1) is 12.7 Å². The molecule has 3 aliphatic rings. The summed E-state index contributed by atoms with van der Waals surface area (Å²) in [5.74, 6) is 1.04. The van der Waals surface area contributed by atoms with Crippen molar-refractivity contribution in [2.24, 2.45) is 11.8 Å². The van der Waals surface area contributed by atoms with Gasteiger partial charge < -0.3 is 15.4 Å². The van der Waals surface area contributed by atoms with Gasteiger partial charge in [0.15, 0.2) is 5.11 Å². The predicted molar refractivity (Wildman–Crippen MR) is 104 cm³/mol. The molecule has 0 saturated carbocycles. The summed E-state index contributed by atoms with van der Waals surface area (Å²) in [6.45, 7) is 7.09. The molecular formula is C19H25N3O2S. The van der Waals surface area contributed by atoms with Gasteiger partial charge >= 0.3 is 5.97 Å². The number of piperidine rings is 3. The number of carbonyl (C=O) groups excluding carboxylic acids is 1. The van der Waals surface area contributed by atoms with E-state index in [-0.39, 0.29) is 5.97 Å². The summed E-state index contributed by atoms with van der Waals surface area (Å²) < 4.78 is 4.74. The molecule has 4 rings (SSSR count). The smallest absolute Gasteiger partial charge is 0.337 e. The fourth-order valence-corrected chi connectivity index (χ4v) is 4.09. The monoisotopic (exact) mass is 359 g/mol. The van der Waals surface area contributed by atoms with E-state index in [4.69, 9.17) is 17.0 Å². The van der Waals surface area contributed by atoms with E-state index in [0.29, 0.717) is 22.6 Å². The van der Waals surface area contributed by atoms with Crippen LogP contribution in [0.2, 0.25) is 0 Å². The number of thiocarbonyl (C=S) groups is 1. The molecule has 25 heavy (non-hydrogen) atoms. The third-order valence-corrected chi connectivity index (χ3v) is 5.52. The van der Waals surface area contributed by atoms with Crippen molar-refractivity contribution >= 4 is 29.0 Å². The first-order valence-electron chi connectivity index (χ1n) is 8.70. The first-order valence-corrected chi connectivity index (χ1v) is 9.11. The maximum Gasteiger partial charge on any atom is 0.337 e. The van der Waals surface area contributed by atoms with E-state index < -0.39 is 0 Å². The summed E-state index contributed by atoms with van der Waals surface area (Å²) >= 11 is 5.40. The fourth-order valence-electron chi connectivity index (χ4n) is 3.89. The number of benzene rings is 1. The first kappa shape index (κ1) is 17.9. The Balaban J connectivity index is 1.51. The van der Waals surface area contributed by atoms with Gasteiger partial charge in [-0.15, -0.1) is 6.58 Å². The largest absolute Gasteiger partial charge is 0.465 e. The Bertz CT molecular complexity index is 664. The number of esters is 1. The van der Waals surface area contributed by atoms with E-state index >= 15 is 0 Å². The maximum atomic E-state index is 11.6. The van der Waals surface area contributed by atoms with Crippen LogP contribution < -0.4 is 10.6 Å². The third kappa shape index (κ3) is 4.19. The number of carbonyl (C=O) groups is 1. The molecule has 3 fully saturated rings. The molecule has 134 valence electrons. The van der Waals surface area contributed by atoms with Crippen molar-refractivity contribution in [1.29, 1.82) is 0 Å². The molecule has 0 aliphatic carbocycles. The van der Waals surface area contributed by atoms with Gasteiger partial charge in [-0.2, -0.15) is 0 Å². The van der Waals surface area contributed by atoms with Crippen molar-refractivity contribution < 1.29 is 9.53 Å². The molecule has 1 aromatic rings. The minimum Gasteiger partial charge on any atom is -0.465 e. The fraction of sp³-hybridized carbons (Fsp3) is 0.474. The lowest BCUT2D eigenvalue weighted by atomic mass is 9.76. The van der Waals surface area contributed by atoms with Crippen molar-refractivity contribution in [3.8, 4) is 0 Å². The van der Waals surface area contributed by atoms with Gasteiger partial charge in [0.2, 0.25) is 0 Å². The summed E-state index contributed by atoms with van der Waals surface area (Å²) in [6.07, 6.45) is 4.58. The number of nitrogens with zero attached hydrogens (tertiary/aromatic N) is 1. The highest BCUT2D eigenvalue weighted by Gasteiger charge is 2.38. The average molecular weight is 359 g/mol. The van der Waals surface area contributed by atoms with Gasteiger partial charge in [0.1, 0.15) is 0 Å². The zero-order chi connectivity index (χ0) is 17.8. The highest BCUT2D eigenvalue weighted by molar-refractivity contribution is 7.80. The normalized spacial score (nSPS) is 27.4. The quantitative estimate of drug-likeness (QED) is 0.479. The minimum absolute atomic E-state index is 0.356. The van der Waals surface area contributed by atoms with Crippen molar-refractivity contribution in [1.82, 2.24) is 10.2 Å². The van der Waals surface area contributed by atoms with Crippen LogP contribution in [0.25, 0.3) is 0 Å². The Morgan fingerprint density at radius 3 is 3.04 bits per heavy atom. The van der Waals surface area contributed by atoms with Crippen molar-refractivity contribution in [3.63, 3.8) is 0 Å². The number of ether oxygens (including phenoxy) is 1. The second-order valence-electron chi connectivity index (χ2n) is 6.74. The number of hydrogen-bond donors (Lipinski definition) is 2. The zero-order valence-corrected chi connectivity index (χ0v) is 15.3. The third-order valence-electron chi connectivity index (χ3n) is 5.27. The minimum atomic E-state index is -0.356. The number of nitrogens with one attached hydrogen (secondary N) is 2. The topological polar surface area (TPSA) is 53.6 Å². The summed E-state index contributed by atoms with van der Waals surface area (Å²) in [5.41, 5.74) is 1.28. The van der Waals surface area contributed by atoms with Crippen LogP contribution in [0.1, 0.15) is 23.2 Å². The molecule has 3 saturated heterocycles. The average Bonchev–Trinajstić information content (AvgIpc) is 2.66. The molecule has 2 N–H and O–H groups in total. The lowest BCUT2D eigenvalue weighted by Gasteiger charge is -2.49. The number of fused-ring (bicyclic) bond motifs is 3. The Hall–Kier alpha value is -1.92. The number of rotatable bonds is 5. The summed E-state index contributed by atoms with van der Waals surface area (Å²) in [7, 11) is 1.37. The molecule has 3 aliphatic heterocycles. The number of hydrogen-bond acceptors (Lipinski definition) is 4. The molecular weight excluding hydrogens is 334 g/mol. The standard InChI is InChI=1S/C19H25N3O2S/c1-3-13-12-22-8-7-14(13)10-17(22)11-20-19(25)21-16-6-4-5-15(9-16)18(23)24-2/h3-6,9,13-14,17H,1,7-8,10-12H2,2H3,(H2,20,21,25). The summed E-state index contributed by atoms with van der Waals surface area (Å²) in [6, 6.07) is 7.66. The van der Waals surface area contributed by atoms with Gasteiger partial charge in [0.25, 0.3) is 0 Å². The number of anilines is 1.